The third kappa shape index (κ3) is 5.50. The maximum absolute atomic E-state index is 12.5. The molecule has 0 atom stereocenters. The summed E-state index contributed by atoms with van der Waals surface area (Å²) in [4.78, 5) is 24.2. The molecule has 30 heavy (non-hydrogen) atoms. The summed E-state index contributed by atoms with van der Waals surface area (Å²) < 4.78 is 37.7. The number of ether oxygens (including phenoxy) is 2. The molecule has 1 aliphatic carbocycles. The lowest BCUT2D eigenvalue weighted by Gasteiger charge is -2.12. The van der Waals surface area contributed by atoms with E-state index in [-0.39, 0.29) is 22.3 Å². The van der Waals surface area contributed by atoms with Crippen LogP contribution in [0.15, 0.2) is 41.3 Å². The first-order valence-corrected chi connectivity index (χ1v) is 11.0. The number of anilines is 1. The van der Waals surface area contributed by atoms with Crippen molar-refractivity contribution in [2.45, 2.75) is 30.7 Å². The number of halogens is 1. The van der Waals surface area contributed by atoms with E-state index in [1.807, 2.05) is 6.92 Å². The van der Waals surface area contributed by atoms with Crippen molar-refractivity contribution in [3.63, 3.8) is 0 Å². The molecule has 0 bridgehead atoms. The highest BCUT2D eigenvalue weighted by Gasteiger charge is 2.30. The largest absolute Gasteiger partial charge is 0.495 e. The van der Waals surface area contributed by atoms with Gasteiger partial charge in [-0.3, -0.25) is 4.79 Å². The second kappa shape index (κ2) is 9.03. The Hall–Kier alpha value is -2.62. The maximum Gasteiger partial charge on any atom is 0.338 e. The van der Waals surface area contributed by atoms with Crippen LogP contribution in [0.3, 0.4) is 0 Å². The van der Waals surface area contributed by atoms with Crippen molar-refractivity contribution >= 4 is 39.2 Å². The molecule has 1 amide bonds. The number of esters is 1. The van der Waals surface area contributed by atoms with Gasteiger partial charge < -0.3 is 14.8 Å². The Morgan fingerprint density at radius 1 is 1.17 bits per heavy atom. The maximum atomic E-state index is 12.5. The Labute approximate surface area is 179 Å². The third-order valence-electron chi connectivity index (χ3n) is 4.32. The summed E-state index contributed by atoms with van der Waals surface area (Å²) >= 11 is 6.06. The van der Waals surface area contributed by atoms with Gasteiger partial charge >= 0.3 is 5.97 Å². The summed E-state index contributed by atoms with van der Waals surface area (Å²) in [6.45, 7) is 1.31. The number of aryl methyl sites for hydroxylation is 1. The molecule has 8 nitrogen and oxygen atoms in total. The van der Waals surface area contributed by atoms with Crippen molar-refractivity contribution in [2.24, 2.45) is 0 Å². The van der Waals surface area contributed by atoms with E-state index in [4.69, 9.17) is 21.1 Å². The molecule has 0 unspecified atom stereocenters. The summed E-state index contributed by atoms with van der Waals surface area (Å²) in [5, 5.41) is 2.92. The highest BCUT2D eigenvalue weighted by molar-refractivity contribution is 7.89. The molecule has 2 N–H and O–H groups in total. The van der Waals surface area contributed by atoms with Gasteiger partial charge in [-0.1, -0.05) is 17.7 Å². The van der Waals surface area contributed by atoms with E-state index in [0.717, 1.165) is 18.4 Å². The molecule has 1 aliphatic rings. The van der Waals surface area contributed by atoms with Crippen LogP contribution in [-0.4, -0.2) is 40.1 Å². The lowest BCUT2D eigenvalue weighted by molar-refractivity contribution is -0.119. The van der Waals surface area contributed by atoms with Crippen molar-refractivity contribution < 1.29 is 27.5 Å². The van der Waals surface area contributed by atoms with Gasteiger partial charge in [-0.05, 0) is 55.7 Å². The van der Waals surface area contributed by atoms with Crippen molar-refractivity contribution in [1.29, 1.82) is 0 Å². The van der Waals surface area contributed by atoms with E-state index in [2.05, 4.69) is 10.0 Å². The molecule has 3 rings (SSSR count). The zero-order valence-corrected chi connectivity index (χ0v) is 18.0. The number of hydrogen-bond acceptors (Lipinski definition) is 6. The van der Waals surface area contributed by atoms with E-state index in [1.54, 1.807) is 18.2 Å². The van der Waals surface area contributed by atoms with Crippen molar-refractivity contribution in [3.8, 4) is 5.75 Å². The molecule has 0 saturated heterocycles. The zero-order chi connectivity index (χ0) is 21.9. The Balaban J connectivity index is 1.67. The fraction of sp³-hybridized carbons (Fsp3) is 0.300. The minimum atomic E-state index is -3.85. The average molecular weight is 453 g/mol. The zero-order valence-electron chi connectivity index (χ0n) is 16.4. The van der Waals surface area contributed by atoms with Crippen molar-refractivity contribution in [1.82, 2.24) is 4.72 Å². The quantitative estimate of drug-likeness (QED) is 0.596. The Bertz CT molecular complexity index is 1080. The topological polar surface area (TPSA) is 111 Å². The van der Waals surface area contributed by atoms with E-state index in [0.29, 0.717) is 10.7 Å². The van der Waals surface area contributed by atoms with E-state index in [9.17, 15) is 18.0 Å². The van der Waals surface area contributed by atoms with Crippen LogP contribution in [0, 0.1) is 6.92 Å². The number of hydrogen-bond donors (Lipinski definition) is 2. The number of sulfonamides is 1. The lowest BCUT2D eigenvalue weighted by Crippen LogP contribution is -2.26. The summed E-state index contributed by atoms with van der Waals surface area (Å²) in [7, 11) is -2.52. The van der Waals surface area contributed by atoms with E-state index in [1.165, 1.54) is 25.3 Å². The van der Waals surface area contributed by atoms with Gasteiger partial charge in [0.05, 0.1) is 23.4 Å². The smallest absolute Gasteiger partial charge is 0.338 e. The monoisotopic (exact) mass is 452 g/mol. The predicted molar refractivity (Wildman–Crippen MR) is 111 cm³/mol. The normalized spacial score (nSPS) is 13.6. The number of rotatable bonds is 8. The Morgan fingerprint density at radius 2 is 1.90 bits per heavy atom. The van der Waals surface area contributed by atoms with Gasteiger partial charge in [0.1, 0.15) is 10.6 Å². The molecule has 1 fully saturated rings. The van der Waals surface area contributed by atoms with Gasteiger partial charge in [-0.2, -0.15) is 0 Å². The van der Waals surface area contributed by atoms with Gasteiger partial charge in [-0.25, -0.2) is 17.9 Å². The van der Waals surface area contributed by atoms with Crippen LogP contribution in [0.25, 0.3) is 0 Å². The van der Waals surface area contributed by atoms with Crippen LogP contribution in [0.5, 0.6) is 5.75 Å². The average Bonchev–Trinajstić information content (AvgIpc) is 3.51. The highest BCUT2D eigenvalue weighted by atomic mass is 35.5. The molecular formula is C20H21ClN2O6S. The van der Waals surface area contributed by atoms with E-state index >= 15 is 0 Å². The first kappa shape index (κ1) is 22.1. The molecule has 2 aromatic carbocycles. The Morgan fingerprint density at radius 3 is 2.53 bits per heavy atom. The van der Waals surface area contributed by atoms with E-state index < -0.39 is 28.5 Å². The minimum absolute atomic E-state index is 0.0202. The van der Waals surface area contributed by atoms with Gasteiger partial charge in [-0.15, -0.1) is 0 Å². The number of amides is 1. The first-order valence-electron chi connectivity index (χ1n) is 9.13. The van der Waals surface area contributed by atoms with Gasteiger partial charge in [0, 0.05) is 6.04 Å². The number of nitrogens with one attached hydrogen (secondary N) is 2. The number of methoxy groups -OCH3 is 1. The molecule has 0 radical (unpaired) electrons. The Kier molecular flexibility index (Phi) is 6.64. The van der Waals surface area contributed by atoms with Crippen LogP contribution in [-0.2, 0) is 19.6 Å². The van der Waals surface area contributed by atoms with Crippen molar-refractivity contribution in [2.75, 3.05) is 19.0 Å². The molecule has 160 valence electrons. The van der Waals surface area contributed by atoms with Gasteiger partial charge in [0.25, 0.3) is 5.91 Å². The molecule has 1 saturated carbocycles. The van der Waals surface area contributed by atoms with Gasteiger partial charge in [0.15, 0.2) is 6.61 Å². The molecule has 0 aromatic heterocycles. The molecule has 0 spiro atoms. The van der Waals surface area contributed by atoms with Crippen LogP contribution in [0.4, 0.5) is 5.69 Å². The molecule has 2 aromatic rings. The standard InChI is InChI=1S/C20H21ClN2O6S/c1-12-3-7-16(15(21)9-12)22-19(24)11-29-20(25)13-4-8-17(28-2)18(10-13)30(26,27)23-14-5-6-14/h3-4,7-10,14,23H,5-6,11H2,1-2H3,(H,22,24). The summed E-state index contributed by atoms with van der Waals surface area (Å²) in [6, 6.07) is 8.91. The highest BCUT2D eigenvalue weighted by Crippen LogP contribution is 2.28. The molecule has 0 aliphatic heterocycles. The number of benzene rings is 2. The van der Waals surface area contributed by atoms with Crippen molar-refractivity contribution in [3.05, 3.63) is 52.5 Å². The van der Waals surface area contributed by atoms with Crippen LogP contribution < -0.4 is 14.8 Å². The first-order chi connectivity index (χ1) is 14.2. The molecular weight excluding hydrogens is 432 g/mol. The minimum Gasteiger partial charge on any atom is -0.495 e. The summed E-state index contributed by atoms with van der Waals surface area (Å²) in [5.74, 6) is -1.32. The second-order valence-corrected chi connectivity index (χ2v) is 8.96. The fourth-order valence-corrected chi connectivity index (χ4v) is 4.40. The number of carbonyl (C=O) groups is 2. The third-order valence-corrected chi connectivity index (χ3v) is 6.18. The predicted octanol–water partition coefficient (Wildman–Crippen LogP) is 2.89. The van der Waals surface area contributed by atoms with Crippen LogP contribution in [0.2, 0.25) is 5.02 Å². The summed E-state index contributed by atoms with van der Waals surface area (Å²) in [5.41, 5.74) is 1.31. The summed E-state index contributed by atoms with van der Waals surface area (Å²) in [6.07, 6.45) is 1.53. The van der Waals surface area contributed by atoms with Crippen LogP contribution in [0.1, 0.15) is 28.8 Å². The fourth-order valence-electron chi connectivity index (χ4n) is 2.62. The van der Waals surface area contributed by atoms with Gasteiger partial charge in [0.2, 0.25) is 10.0 Å². The van der Waals surface area contributed by atoms with Crippen LogP contribution >= 0.6 is 11.6 Å². The molecule has 0 heterocycles. The lowest BCUT2D eigenvalue weighted by atomic mass is 10.2. The SMILES string of the molecule is COc1ccc(C(=O)OCC(=O)Nc2ccc(C)cc2Cl)cc1S(=O)(=O)NC1CC1. The second-order valence-electron chi connectivity index (χ2n) is 6.87. The number of carbonyl (C=O) groups excluding carboxylic acids is 2. The molecule has 10 heteroatoms.